The van der Waals surface area contributed by atoms with Gasteiger partial charge in [-0.2, -0.15) is 0 Å². The molecule has 1 aromatic carbocycles. The molecular formula is C13H12S2. The molecule has 1 aliphatic rings. The maximum atomic E-state index is 2.33. The number of thioether (sulfide) groups is 1. The van der Waals surface area contributed by atoms with Crippen molar-refractivity contribution in [3.63, 3.8) is 0 Å². The second-order valence-corrected chi connectivity index (χ2v) is 6.27. The van der Waals surface area contributed by atoms with Crippen molar-refractivity contribution in [1.29, 1.82) is 0 Å². The summed E-state index contributed by atoms with van der Waals surface area (Å²) < 4.78 is 0. The molecule has 0 unspecified atom stereocenters. The minimum atomic E-state index is 1.13. The predicted octanol–water partition coefficient (Wildman–Crippen LogP) is 4.64. The van der Waals surface area contributed by atoms with Crippen LogP contribution >= 0.6 is 23.1 Å². The third kappa shape index (κ3) is 1.52. The van der Waals surface area contributed by atoms with Crippen molar-refractivity contribution >= 4 is 23.1 Å². The predicted molar refractivity (Wildman–Crippen MR) is 68.8 cm³/mol. The fraction of sp³-hybridized carbons (Fsp3) is 0.231. The van der Waals surface area contributed by atoms with Crippen molar-refractivity contribution in [2.75, 3.05) is 0 Å². The van der Waals surface area contributed by atoms with E-state index in [-0.39, 0.29) is 0 Å². The van der Waals surface area contributed by atoms with Gasteiger partial charge in [-0.1, -0.05) is 11.6 Å². The Morgan fingerprint density at radius 1 is 1.13 bits per heavy atom. The number of thiophene rings is 1. The fourth-order valence-electron chi connectivity index (χ4n) is 2.00. The van der Waals surface area contributed by atoms with Crippen LogP contribution in [0.3, 0.4) is 0 Å². The molecule has 0 N–H and O–H groups in total. The highest BCUT2D eigenvalue weighted by Crippen LogP contribution is 2.45. The van der Waals surface area contributed by atoms with Crippen LogP contribution in [0.5, 0.6) is 0 Å². The van der Waals surface area contributed by atoms with Crippen molar-refractivity contribution in [2.24, 2.45) is 0 Å². The van der Waals surface area contributed by atoms with E-state index < -0.39 is 0 Å². The second kappa shape index (κ2) is 3.39. The maximum Gasteiger partial charge on any atom is 0.0397 e. The molecule has 2 heterocycles. The normalized spacial score (nSPS) is 13.5. The minimum Gasteiger partial charge on any atom is -0.140 e. The van der Waals surface area contributed by atoms with Crippen LogP contribution in [0.4, 0.5) is 0 Å². The molecule has 0 bridgehead atoms. The Hall–Kier alpha value is -0.730. The van der Waals surface area contributed by atoms with Gasteiger partial charge in [-0.05, 0) is 37.6 Å². The molecule has 2 heteroatoms. The molecule has 0 saturated heterocycles. The van der Waals surface area contributed by atoms with Crippen LogP contribution in [0.2, 0.25) is 0 Å². The van der Waals surface area contributed by atoms with Crippen molar-refractivity contribution < 1.29 is 0 Å². The van der Waals surface area contributed by atoms with Crippen LogP contribution in [0.1, 0.15) is 16.0 Å². The Labute approximate surface area is 98.3 Å². The van der Waals surface area contributed by atoms with E-state index >= 15 is 0 Å². The van der Waals surface area contributed by atoms with Crippen molar-refractivity contribution in [3.8, 4) is 10.4 Å². The summed E-state index contributed by atoms with van der Waals surface area (Å²) in [7, 11) is 0. The molecule has 0 aliphatic carbocycles. The van der Waals surface area contributed by atoms with Crippen molar-refractivity contribution in [1.82, 2.24) is 0 Å². The van der Waals surface area contributed by atoms with Gasteiger partial charge in [-0.25, -0.2) is 0 Å². The largest absolute Gasteiger partial charge is 0.140 e. The summed E-state index contributed by atoms with van der Waals surface area (Å²) in [6.07, 6.45) is 0. The number of aryl methyl sites for hydroxylation is 2. The van der Waals surface area contributed by atoms with E-state index in [0.29, 0.717) is 0 Å². The van der Waals surface area contributed by atoms with Crippen molar-refractivity contribution in [3.05, 3.63) is 40.3 Å². The zero-order chi connectivity index (χ0) is 10.4. The smallest absolute Gasteiger partial charge is 0.0397 e. The van der Waals surface area contributed by atoms with E-state index in [1.807, 2.05) is 23.1 Å². The second-order valence-electron chi connectivity index (χ2n) is 4.00. The molecular weight excluding hydrogens is 220 g/mol. The number of hydrogen-bond acceptors (Lipinski definition) is 2. The highest BCUT2D eigenvalue weighted by molar-refractivity contribution is 7.98. The molecule has 2 aromatic rings. The molecule has 1 aliphatic heterocycles. The van der Waals surface area contributed by atoms with Crippen LogP contribution in [-0.4, -0.2) is 0 Å². The van der Waals surface area contributed by atoms with Crippen LogP contribution in [0.25, 0.3) is 10.4 Å². The number of rotatable bonds is 0. The lowest BCUT2D eigenvalue weighted by molar-refractivity contribution is 1.32. The maximum absolute atomic E-state index is 2.33. The molecule has 1 aromatic heterocycles. The average molecular weight is 232 g/mol. The molecule has 76 valence electrons. The highest BCUT2D eigenvalue weighted by Gasteiger charge is 2.18. The van der Waals surface area contributed by atoms with Gasteiger partial charge < -0.3 is 0 Å². The van der Waals surface area contributed by atoms with Gasteiger partial charge in [0.25, 0.3) is 0 Å². The number of hydrogen-bond donors (Lipinski definition) is 0. The average Bonchev–Trinajstić information content (AvgIpc) is 2.58. The van der Waals surface area contributed by atoms with E-state index in [2.05, 4.69) is 38.1 Å². The summed E-state index contributed by atoms with van der Waals surface area (Å²) in [6, 6.07) is 9.11. The SMILES string of the molecule is Cc1ccc2c(c1)-c1sc(C)cc1CS2. The highest BCUT2D eigenvalue weighted by atomic mass is 32.2. The summed E-state index contributed by atoms with van der Waals surface area (Å²) in [5.41, 5.74) is 4.31. The Morgan fingerprint density at radius 2 is 2.00 bits per heavy atom. The molecule has 0 nitrogen and oxygen atoms in total. The summed E-state index contributed by atoms with van der Waals surface area (Å²) in [4.78, 5) is 4.36. The first-order valence-corrected chi connectivity index (χ1v) is 6.87. The summed E-state index contributed by atoms with van der Waals surface area (Å²) in [5.74, 6) is 1.13. The summed E-state index contributed by atoms with van der Waals surface area (Å²) in [5, 5.41) is 0. The van der Waals surface area contributed by atoms with Gasteiger partial charge in [0.2, 0.25) is 0 Å². The van der Waals surface area contributed by atoms with Gasteiger partial charge in [0.15, 0.2) is 0 Å². The van der Waals surface area contributed by atoms with E-state index in [4.69, 9.17) is 0 Å². The zero-order valence-corrected chi connectivity index (χ0v) is 10.5. The van der Waals surface area contributed by atoms with Crippen molar-refractivity contribution in [2.45, 2.75) is 24.5 Å². The van der Waals surface area contributed by atoms with Gasteiger partial charge in [0.05, 0.1) is 0 Å². The molecule has 0 saturated carbocycles. The monoisotopic (exact) mass is 232 g/mol. The van der Waals surface area contributed by atoms with Crippen LogP contribution in [-0.2, 0) is 5.75 Å². The number of fused-ring (bicyclic) bond motifs is 3. The lowest BCUT2D eigenvalue weighted by Gasteiger charge is -2.15. The van der Waals surface area contributed by atoms with Gasteiger partial charge in [0.1, 0.15) is 0 Å². The van der Waals surface area contributed by atoms with Crippen LogP contribution < -0.4 is 0 Å². The van der Waals surface area contributed by atoms with Crippen LogP contribution in [0, 0.1) is 13.8 Å². The molecule has 0 spiro atoms. The molecule has 3 rings (SSSR count). The van der Waals surface area contributed by atoms with Gasteiger partial charge in [-0.15, -0.1) is 23.1 Å². The van der Waals surface area contributed by atoms with E-state index in [1.54, 1.807) is 0 Å². The van der Waals surface area contributed by atoms with Gasteiger partial charge in [0, 0.05) is 26.0 Å². The Bertz CT molecular complexity index is 523. The number of benzene rings is 1. The molecule has 0 fully saturated rings. The third-order valence-electron chi connectivity index (χ3n) is 2.70. The van der Waals surface area contributed by atoms with Gasteiger partial charge >= 0.3 is 0 Å². The Kier molecular flexibility index (Phi) is 2.15. The topological polar surface area (TPSA) is 0 Å². The molecule has 0 amide bonds. The quantitative estimate of drug-likeness (QED) is 0.637. The van der Waals surface area contributed by atoms with E-state index in [1.165, 1.54) is 31.3 Å². The fourth-order valence-corrected chi connectivity index (χ4v) is 4.24. The molecule has 0 atom stereocenters. The lowest BCUT2D eigenvalue weighted by Crippen LogP contribution is -1.91. The van der Waals surface area contributed by atoms with Gasteiger partial charge in [-0.3, -0.25) is 0 Å². The zero-order valence-electron chi connectivity index (χ0n) is 8.83. The first kappa shape index (κ1) is 9.49. The summed E-state index contributed by atoms with van der Waals surface area (Å²) in [6.45, 7) is 4.36. The molecule has 15 heavy (non-hydrogen) atoms. The van der Waals surface area contributed by atoms with Crippen LogP contribution in [0.15, 0.2) is 29.2 Å². The van der Waals surface area contributed by atoms with E-state index in [0.717, 1.165) is 5.75 Å². The first-order valence-electron chi connectivity index (χ1n) is 5.07. The Morgan fingerprint density at radius 3 is 2.87 bits per heavy atom. The standard InChI is InChI=1S/C13H12S2/c1-8-3-4-12-11(5-8)13-10(7-14-12)6-9(2)15-13/h3-6H,7H2,1-2H3. The summed E-state index contributed by atoms with van der Waals surface area (Å²) >= 11 is 3.89. The Balaban J connectivity index is 2.27. The minimum absolute atomic E-state index is 1.13. The lowest BCUT2D eigenvalue weighted by atomic mass is 10.1. The first-order chi connectivity index (χ1) is 7.24. The molecule has 0 radical (unpaired) electrons. The third-order valence-corrected chi connectivity index (χ3v) is 4.94. The van der Waals surface area contributed by atoms with E-state index in [9.17, 15) is 0 Å².